The average molecular weight is 411 g/mol. The summed E-state index contributed by atoms with van der Waals surface area (Å²) in [5, 5.41) is 5.15. The number of hydrogen-bond acceptors (Lipinski definition) is 5. The molecule has 29 heavy (non-hydrogen) atoms. The first-order valence-corrected chi connectivity index (χ1v) is 10.0. The fourth-order valence-electron chi connectivity index (χ4n) is 3.85. The number of aromatic nitrogens is 3. The van der Waals surface area contributed by atoms with E-state index in [9.17, 15) is 4.79 Å². The zero-order valence-corrected chi connectivity index (χ0v) is 17.0. The van der Waals surface area contributed by atoms with Gasteiger partial charge in [0.2, 0.25) is 0 Å². The van der Waals surface area contributed by atoms with Crippen molar-refractivity contribution in [2.45, 2.75) is 19.4 Å². The minimum Gasteiger partial charge on any atom is -0.465 e. The number of nitrogens with zero attached hydrogens (tertiary/aromatic N) is 4. The van der Waals surface area contributed by atoms with Crippen molar-refractivity contribution in [3.8, 4) is 5.69 Å². The lowest BCUT2D eigenvalue weighted by Crippen LogP contribution is -2.20. The Bertz CT molecular complexity index is 1000. The molecule has 0 saturated carbocycles. The molecule has 1 unspecified atom stereocenters. The number of ether oxygens (including phenoxy) is 1. The Balaban J connectivity index is 1.35. The van der Waals surface area contributed by atoms with Crippen LogP contribution in [-0.4, -0.2) is 45.8 Å². The first-order chi connectivity index (χ1) is 14.1. The molecule has 1 fully saturated rings. The number of para-hydroxylation sites is 1. The molecule has 3 aromatic rings. The van der Waals surface area contributed by atoms with Gasteiger partial charge in [0.1, 0.15) is 0 Å². The molecule has 4 rings (SSSR count). The smallest absolute Gasteiger partial charge is 0.339 e. The number of rotatable bonds is 6. The number of pyridine rings is 1. The summed E-state index contributed by atoms with van der Waals surface area (Å²) in [6.45, 7) is 2.92. The highest BCUT2D eigenvalue weighted by Crippen LogP contribution is 2.24. The normalized spacial score (nSPS) is 16.8. The van der Waals surface area contributed by atoms with Crippen LogP contribution in [-0.2, 0) is 17.7 Å². The Kier molecular flexibility index (Phi) is 5.92. The largest absolute Gasteiger partial charge is 0.465 e. The quantitative estimate of drug-likeness (QED) is 0.579. The lowest BCUT2D eigenvalue weighted by Gasteiger charge is -2.15. The average Bonchev–Trinajstić information content (AvgIpc) is 3.38. The second-order valence-corrected chi connectivity index (χ2v) is 7.82. The van der Waals surface area contributed by atoms with Gasteiger partial charge < -0.3 is 4.74 Å². The number of benzene rings is 1. The summed E-state index contributed by atoms with van der Waals surface area (Å²) < 4.78 is 6.61. The van der Waals surface area contributed by atoms with Gasteiger partial charge in [0.05, 0.1) is 29.6 Å². The Morgan fingerprint density at radius 3 is 2.93 bits per heavy atom. The maximum atomic E-state index is 11.7. The Hall–Kier alpha value is -2.70. The summed E-state index contributed by atoms with van der Waals surface area (Å²) >= 11 is 6.27. The molecule has 1 atom stereocenters. The molecule has 2 aromatic heterocycles. The molecule has 0 N–H and O–H groups in total. The zero-order chi connectivity index (χ0) is 20.2. The fourth-order valence-corrected chi connectivity index (χ4v) is 4.08. The van der Waals surface area contributed by atoms with Crippen molar-refractivity contribution in [1.29, 1.82) is 0 Å². The van der Waals surface area contributed by atoms with Crippen molar-refractivity contribution in [1.82, 2.24) is 19.7 Å². The van der Waals surface area contributed by atoms with Crippen LogP contribution >= 0.6 is 11.6 Å². The van der Waals surface area contributed by atoms with Gasteiger partial charge in [0.25, 0.3) is 0 Å². The summed E-state index contributed by atoms with van der Waals surface area (Å²) in [6, 6.07) is 9.58. The van der Waals surface area contributed by atoms with Gasteiger partial charge in [-0.15, -0.1) is 0 Å². The summed E-state index contributed by atoms with van der Waals surface area (Å²) in [6.07, 6.45) is 9.36. The van der Waals surface area contributed by atoms with Crippen LogP contribution in [0.4, 0.5) is 0 Å². The molecule has 1 saturated heterocycles. The van der Waals surface area contributed by atoms with Gasteiger partial charge in [-0.3, -0.25) is 9.88 Å². The number of methoxy groups -OCH3 is 1. The number of hydrogen-bond donors (Lipinski definition) is 0. The van der Waals surface area contributed by atoms with Crippen LogP contribution in [0.25, 0.3) is 5.69 Å². The minimum absolute atomic E-state index is 0.345. The van der Waals surface area contributed by atoms with Crippen molar-refractivity contribution < 1.29 is 9.53 Å². The molecule has 6 nitrogen and oxygen atoms in total. The summed E-state index contributed by atoms with van der Waals surface area (Å²) in [7, 11) is 1.39. The number of halogens is 1. The topological polar surface area (TPSA) is 60.2 Å². The molecule has 3 heterocycles. The van der Waals surface area contributed by atoms with Crippen LogP contribution < -0.4 is 0 Å². The summed E-state index contributed by atoms with van der Waals surface area (Å²) in [5.74, 6) is 0.200. The highest BCUT2D eigenvalue weighted by molar-refractivity contribution is 6.32. The first kappa shape index (κ1) is 19.6. The number of carbonyl (C=O) groups is 1. The van der Waals surface area contributed by atoms with Gasteiger partial charge in [-0.2, -0.15) is 5.10 Å². The highest BCUT2D eigenvalue weighted by atomic mass is 35.5. The molecule has 7 heteroatoms. The Morgan fingerprint density at radius 2 is 2.10 bits per heavy atom. The maximum absolute atomic E-state index is 11.7. The molecular weight excluding hydrogens is 388 g/mol. The third-order valence-electron chi connectivity index (χ3n) is 5.25. The van der Waals surface area contributed by atoms with Crippen LogP contribution in [0.2, 0.25) is 5.02 Å². The fraction of sp³-hybridized carbons (Fsp3) is 0.318. The van der Waals surface area contributed by atoms with Crippen LogP contribution in [0.5, 0.6) is 0 Å². The van der Waals surface area contributed by atoms with E-state index in [2.05, 4.69) is 15.0 Å². The van der Waals surface area contributed by atoms with Gasteiger partial charge >= 0.3 is 5.97 Å². The minimum atomic E-state index is -0.345. The van der Waals surface area contributed by atoms with Gasteiger partial charge in [0, 0.05) is 37.2 Å². The van der Waals surface area contributed by atoms with E-state index in [4.69, 9.17) is 16.3 Å². The first-order valence-electron chi connectivity index (χ1n) is 9.65. The molecule has 0 bridgehead atoms. The van der Waals surface area contributed by atoms with E-state index in [1.807, 2.05) is 53.6 Å². The molecule has 0 spiro atoms. The summed E-state index contributed by atoms with van der Waals surface area (Å²) in [5.41, 5.74) is 3.63. The molecule has 1 aromatic carbocycles. The van der Waals surface area contributed by atoms with Crippen molar-refractivity contribution >= 4 is 17.6 Å². The predicted molar refractivity (Wildman–Crippen MR) is 111 cm³/mol. The van der Waals surface area contributed by atoms with Crippen LogP contribution in [0.3, 0.4) is 0 Å². The van der Waals surface area contributed by atoms with Crippen molar-refractivity contribution in [2.24, 2.45) is 5.92 Å². The van der Waals surface area contributed by atoms with Crippen molar-refractivity contribution in [3.05, 3.63) is 76.8 Å². The second-order valence-electron chi connectivity index (χ2n) is 7.41. The summed E-state index contributed by atoms with van der Waals surface area (Å²) in [4.78, 5) is 18.3. The van der Waals surface area contributed by atoms with Gasteiger partial charge in [-0.25, -0.2) is 9.48 Å². The third-order valence-corrected chi connectivity index (χ3v) is 5.57. The second kappa shape index (κ2) is 8.76. The van der Waals surface area contributed by atoms with Crippen LogP contribution in [0.1, 0.15) is 27.9 Å². The predicted octanol–water partition coefficient (Wildman–Crippen LogP) is 3.77. The zero-order valence-electron chi connectivity index (χ0n) is 16.3. The van der Waals surface area contributed by atoms with E-state index in [1.165, 1.54) is 12.7 Å². The van der Waals surface area contributed by atoms with Gasteiger partial charge in [0.15, 0.2) is 0 Å². The van der Waals surface area contributed by atoms with Gasteiger partial charge in [-0.1, -0.05) is 23.7 Å². The molecule has 150 valence electrons. The molecular formula is C22H23ClN4O2. The number of likely N-dealkylation sites (tertiary alicyclic amines) is 1. The van der Waals surface area contributed by atoms with E-state index in [1.54, 1.807) is 6.20 Å². The lowest BCUT2D eigenvalue weighted by atomic mass is 9.99. The van der Waals surface area contributed by atoms with E-state index < -0.39 is 0 Å². The van der Waals surface area contributed by atoms with Crippen molar-refractivity contribution in [3.63, 3.8) is 0 Å². The molecule has 0 amide bonds. The van der Waals surface area contributed by atoms with Crippen LogP contribution in [0, 0.1) is 5.92 Å². The van der Waals surface area contributed by atoms with E-state index >= 15 is 0 Å². The van der Waals surface area contributed by atoms with Crippen LogP contribution in [0.15, 0.2) is 55.1 Å². The number of carbonyl (C=O) groups excluding carboxylic acids is 1. The van der Waals surface area contributed by atoms with E-state index in [0.29, 0.717) is 16.5 Å². The maximum Gasteiger partial charge on any atom is 0.339 e. The van der Waals surface area contributed by atoms with Crippen molar-refractivity contribution in [2.75, 3.05) is 20.2 Å². The molecule has 1 aliphatic heterocycles. The Labute approximate surface area is 175 Å². The SMILES string of the molecule is COC(=O)c1cncc(CC2CCN(Cc3cnn(-c4ccccc4Cl)c3)C2)c1. The third kappa shape index (κ3) is 4.66. The van der Waals surface area contributed by atoms with E-state index in [-0.39, 0.29) is 5.97 Å². The number of esters is 1. The molecule has 0 radical (unpaired) electrons. The standard InChI is InChI=1S/C22H23ClN4O2/c1-29-22(28)19-9-17(10-24-12-19)8-16-6-7-26(13-16)14-18-11-25-27(15-18)21-5-3-2-4-20(21)23/h2-5,9-12,15-16H,6-8,13-14H2,1H3. The monoisotopic (exact) mass is 410 g/mol. The molecule has 1 aliphatic rings. The lowest BCUT2D eigenvalue weighted by molar-refractivity contribution is 0.0600. The van der Waals surface area contributed by atoms with E-state index in [0.717, 1.165) is 43.7 Å². The molecule has 0 aliphatic carbocycles. The Morgan fingerprint density at radius 1 is 1.24 bits per heavy atom. The van der Waals surface area contributed by atoms with Gasteiger partial charge in [-0.05, 0) is 49.1 Å². The highest BCUT2D eigenvalue weighted by Gasteiger charge is 2.23.